The van der Waals surface area contributed by atoms with E-state index in [1.807, 2.05) is 11.0 Å². The smallest absolute Gasteiger partial charge is 0.368 e. The molecule has 1 saturated heterocycles. The minimum atomic E-state index is -4.54. The van der Waals surface area contributed by atoms with Gasteiger partial charge in [0.25, 0.3) is 0 Å². The SMILES string of the molecule is CN(c1nccc(C(F)(F)F)n1)C1CCN(c2cccc(F)c2C#N)C1. The van der Waals surface area contributed by atoms with Gasteiger partial charge in [-0.15, -0.1) is 0 Å². The molecule has 0 bridgehead atoms. The van der Waals surface area contributed by atoms with Gasteiger partial charge in [-0.3, -0.25) is 0 Å². The molecule has 1 aromatic heterocycles. The monoisotopic (exact) mass is 365 g/mol. The number of anilines is 2. The second-order valence-electron chi connectivity index (χ2n) is 5.98. The molecular formula is C17H15F4N5. The highest BCUT2D eigenvalue weighted by Gasteiger charge is 2.34. The van der Waals surface area contributed by atoms with Crippen molar-refractivity contribution in [1.29, 1.82) is 5.26 Å². The normalized spacial score (nSPS) is 17.2. The minimum absolute atomic E-state index is 0.0218. The second kappa shape index (κ2) is 6.78. The molecular weight excluding hydrogens is 350 g/mol. The molecule has 26 heavy (non-hydrogen) atoms. The maximum absolute atomic E-state index is 13.8. The van der Waals surface area contributed by atoms with Crippen LogP contribution in [0.25, 0.3) is 0 Å². The first-order chi connectivity index (χ1) is 12.3. The van der Waals surface area contributed by atoms with E-state index in [1.54, 1.807) is 18.0 Å². The lowest BCUT2D eigenvalue weighted by atomic mass is 10.1. The van der Waals surface area contributed by atoms with Gasteiger partial charge >= 0.3 is 6.18 Å². The predicted octanol–water partition coefficient (Wildman–Crippen LogP) is 3.22. The van der Waals surface area contributed by atoms with Crippen molar-refractivity contribution in [1.82, 2.24) is 9.97 Å². The van der Waals surface area contributed by atoms with Crippen LogP contribution in [-0.2, 0) is 6.18 Å². The highest BCUT2D eigenvalue weighted by atomic mass is 19.4. The quantitative estimate of drug-likeness (QED) is 0.782. The van der Waals surface area contributed by atoms with E-state index in [0.717, 1.165) is 12.3 Å². The third-order valence-corrected chi connectivity index (χ3v) is 4.40. The highest BCUT2D eigenvalue weighted by molar-refractivity contribution is 5.61. The fourth-order valence-electron chi connectivity index (χ4n) is 3.00. The van der Waals surface area contributed by atoms with Gasteiger partial charge in [0.15, 0.2) is 0 Å². The van der Waals surface area contributed by atoms with Gasteiger partial charge in [0.1, 0.15) is 23.1 Å². The summed E-state index contributed by atoms with van der Waals surface area (Å²) >= 11 is 0. The van der Waals surface area contributed by atoms with Crippen LogP contribution < -0.4 is 9.80 Å². The number of benzene rings is 1. The Bertz CT molecular complexity index is 846. The molecule has 9 heteroatoms. The summed E-state index contributed by atoms with van der Waals surface area (Å²) in [7, 11) is 1.63. The Morgan fingerprint density at radius 3 is 2.77 bits per heavy atom. The molecule has 0 aliphatic carbocycles. The first-order valence-corrected chi connectivity index (χ1v) is 7.88. The molecule has 1 aliphatic rings. The lowest BCUT2D eigenvalue weighted by Crippen LogP contribution is -2.36. The fraction of sp³-hybridized carbons (Fsp3) is 0.353. The van der Waals surface area contributed by atoms with Crippen LogP contribution in [0.3, 0.4) is 0 Å². The Morgan fingerprint density at radius 1 is 1.31 bits per heavy atom. The molecule has 0 N–H and O–H groups in total. The first kappa shape index (κ1) is 17.9. The van der Waals surface area contributed by atoms with Crippen molar-refractivity contribution in [2.75, 3.05) is 29.9 Å². The Labute approximate surface area is 147 Å². The van der Waals surface area contributed by atoms with Crippen molar-refractivity contribution in [3.63, 3.8) is 0 Å². The van der Waals surface area contributed by atoms with Crippen molar-refractivity contribution in [3.8, 4) is 6.07 Å². The zero-order chi connectivity index (χ0) is 18.9. The number of hydrogen-bond acceptors (Lipinski definition) is 5. The summed E-state index contributed by atoms with van der Waals surface area (Å²) in [6.45, 7) is 0.973. The summed E-state index contributed by atoms with van der Waals surface area (Å²) in [5, 5.41) is 9.17. The number of nitrogens with zero attached hydrogens (tertiary/aromatic N) is 5. The van der Waals surface area contributed by atoms with Gasteiger partial charge in [-0.05, 0) is 24.6 Å². The number of rotatable bonds is 3. The van der Waals surface area contributed by atoms with Crippen LogP contribution in [0.15, 0.2) is 30.5 Å². The largest absolute Gasteiger partial charge is 0.433 e. The Hall–Kier alpha value is -2.89. The van der Waals surface area contributed by atoms with Crippen molar-refractivity contribution >= 4 is 11.6 Å². The van der Waals surface area contributed by atoms with E-state index in [-0.39, 0.29) is 17.6 Å². The molecule has 0 amide bonds. The maximum atomic E-state index is 13.8. The molecule has 1 aromatic carbocycles. The molecule has 1 atom stereocenters. The average molecular weight is 365 g/mol. The van der Waals surface area contributed by atoms with Gasteiger partial charge in [-0.1, -0.05) is 6.07 Å². The van der Waals surface area contributed by atoms with Crippen molar-refractivity contribution in [3.05, 3.63) is 47.5 Å². The molecule has 1 aliphatic heterocycles. The lowest BCUT2D eigenvalue weighted by molar-refractivity contribution is -0.141. The second-order valence-corrected chi connectivity index (χ2v) is 5.98. The van der Waals surface area contributed by atoms with Gasteiger partial charge in [0.2, 0.25) is 5.95 Å². The van der Waals surface area contributed by atoms with E-state index in [2.05, 4.69) is 9.97 Å². The van der Waals surface area contributed by atoms with Crippen LogP contribution in [0.5, 0.6) is 0 Å². The summed E-state index contributed by atoms with van der Waals surface area (Å²) < 4.78 is 52.3. The van der Waals surface area contributed by atoms with Crippen LogP contribution in [-0.4, -0.2) is 36.1 Å². The van der Waals surface area contributed by atoms with E-state index in [1.165, 1.54) is 12.1 Å². The molecule has 0 spiro atoms. The van der Waals surface area contributed by atoms with Crippen molar-refractivity contribution in [2.24, 2.45) is 0 Å². The average Bonchev–Trinajstić information content (AvgIpc) is 3.10. The van der Waals surface area contributed by atoms with Crippen molar-refractivity contribution < 1.29 is 17.6 Å². The van der Waals surface area contributed by atoms with Crippen molar-refractivity contribution in [2.45, 2.75) is 18.6 Å². The number of alkyl halides is 3. The molecule has 3 rings (SSSR count). The van der Waals surface area contributed by atoms with Gasteiger partial charge in [-0.2, -0.15) is 18.4 Å². The standard InChI is InChI=1S/C17H15F4N5/c1-25(16-23-7-5-15(24-16)17(19,20)21)11-6-8-26(10-11)14-4-2-3-13(18)12(14)9-22/h2-5,7,11H,6,8,10H2,1H3. The molecule has 0 radical (unpaired) electrons. The van der Waals surface area contributed by atoms with E-state index in [0.29, 0.717) is 25.2 Å². The van der Waals surface area contributed by atoms with Gasteiger partial charge in [0.05, 0.1) is 11.7 Å². The van der Waals surface area contributed by atoms with Gasteiger partial charge < -0.3 is 9.80 Å². The lowest BCUT2D eigenvalue weighted by Gasteiger charge is -2.26. The minimum Gasteiger partial charge on any atom is -0.368 e. The highest BCUT2D eigenvalue weighted by Crippen LogP contribution is 2.30. The number of aromatic nitrogens is 2. The molecule has 5 nitrogen and oxygen atoms in total. The summed E-state index contributed by atoms with van der Waals surface area (Å²) in [6.07, 6.45) is -2.84. The van der Waals surface area contributed by atoms with E-state index < -0.39 is 17.7 Å². The van der Waals surface area contributed by atoms with Gasteiger partial charge in [0, 0.05) is 26.3 Å². The number of halogens is 4. The van der Waals surface area contributed by atoms with Gasteiger partial charge in [-0.25, -0.2) is 14.4 Å². The topological polar surface area (TPSA) is 56.1 Å². The number of hydrogen-bond donors (Lipinski definition) is 0. The zero-order valence-electron chi connectivity index (χ0n) is 13.8. The molecule has 1 fully saturated rings. The number of likely N-dealkylation sites (N-methyl/N-ethyl adjacent to an activating group) is 1. The summed E-state index contributed by atoms with van der Waals surface area (Å²) in [5.74, 6) is -0.616. The molecule has 136 valence electrons. The molecule has 1 unspecified atom stereocenters. The van der Waals surface area contributed by atoms with Crippen LogP contribution in [0.1, 0.15) is 17.7 Å². The summed E-state index contributed by atoms with van der Waals surface area (Å²) in [4.78, 5) is 10.9. The Kier molecular flexibility index (Phi) is 4.68. The Balaban J connectivity index is 1.79. The molecule has 0 saturated carbocycles. The first-order valence-electron chi connectivity index (χ1n) is 7.88. The maximum Gasteiger partial charge on any atom is 0.433 e. The third-order valence-electron chi connectivity index (χ3n) is 4.40. The predicted molar refractivity (Wildman–Crippen MR) is 87.2 cm³/mol. The molecule has 2 aromatic rings. The third kappa shape index (κ3) is 3.40. The summed E-state index contributed by atoms with van der Waals surface area (Å²) in [5.41, 5.74) is -0.555. The van der Waals surface area contributed by atoms with E-state index >= 15 is 0 Å². The van der Waals surface area contributed by atoms with E-state index in [9.17, 15) is 17.6 Å². The zero-order valence-corrected chi connectivity index (χ0v) is 13.8. The Morgan fingerprint density at radius 2 is 2.08 bits per heavy atom. The van der Waals surface area contributed by atoms with Crippen LogP contribution in [0, 0.1) is 17.1 Å². The summed E-state index contributed by atoms with van der Waals surface area (Å²) in [6, 6.07) is 6.93. The van der Waals surface area contributed by atoms with Crippen LogP contribution >= 0.6 is 0 Å². The fourth-order valence-corrected chi connectivity index (χ4v) is 3.00. The van der Waals surface area contributed by atoms with Crippen LogP contribution in [0.4, 0.5) is 29.2 Å². The molecule has 2 heterocycles. The number of nitriles is 1. The van der Waals surface area contributed by atoms with Crippen LogP contribution in [0.2, 0.25) is 0 Å². The van der Waals surface area contributed by atoms with E-state index in [4.69, 9.17) is 5.26 Å².